The third-order valence-corrected chi connectivity index (χ3v) is 6.61. The van der Waals surface area contributed by atoms with Gasteiger partial charge in [0.2, 0.25) is 5.91 Å². The summed E-state index contributed by atoms with van der Waals surface area (Å²) in [6, 6.07) is 4.23. The summed E-state index contributed by atoms with van der Waals surface area (Å²) >= 11 is 1.78. The van der Waals surface area contributed by atoms with E-state index in [1.165, 1.54) is 37.1 Å². The fourth-order valence-corrected chi connectivity index (χ4v) is 5.15. The number of hydrogen-bond acceptors (Lipinski definition) is 3. The van der Waals surface area contributed by atoms with Crippen LogP contribution in [-0.2, 0) is 11.2 Å². The van der Waals surface area contributed by atoms with Crippen LogP contribution >= 0.6 is 11.3 Å². The number of nitrogens with one attached hydrogen (secondary N) is 1. The molecule has 2 atom stereocenters. The fraction of sp³-hybridized carbons (Fsp3) is 0.722. The predicted molar refractivity (Wildman–Crippen MR) is 89.9 cm³/mol. The van der Waals surface area contributed by atoms with Crippen LogP contribution in [0.5, 0.6) is 0 Å². The first-order chi connectivity index (χ1) is 10.8. The molecule has 2 heterocycles. The number of thiophene rings is 1. The van der Waals surface area contributed by atoms with Crippen molar-refractivity contribution >= 4 is 17.2 Å². The molecule has 3 nitrogen and oxygen atoms in total. The van der Waals surface area contributed by atoms with Crippen LogP contribution in [-0.4, -0.2) is 37.0 Å². The van der Waals surface area contributed by atoms with Crippen molar-refractivity contribution in [3.05, 3.63) is 22.4 Å². The largest absolute Gasteiger partial charge is 0.355 e. The van der Waals surface area contributed by atoms with Crippen molar-refractivity contribution in [2.24, 2.45) is 23.7 Å². The highest BCUT2D eigenvalue weighted by Crippen LogP contribution is 2.43. The number of fused-ring (bicyclic) bond motifs is 2. The van der Waals surface area contributed by atoms with Crippen LogP contribution in [0.25, 0.3) is 0 Å². The minimum atomic E-state index is 0.291. The Morgan fingerprint density at radius 1 is 1.23 bits per heavy atom. The molecule has 0 spiro atoms. The Hall–Kier alpha value is -0.870. The van der Waals surface area contributed by atoms with Crippen molar-refractivity contribution < 1.29 is 4.79 Å². The molecule has 0 unspecified atom stereocenters. The summed E-state index contributed by atoms with van der Waals surface area (Å²) in [6.45, 7) is 4.41. The molecule has 1 N–H and O–H groups in total. The van der Waals surface area contributed by atoms with Gasteiger partial charge in [0.15, 0.2) is 0 Å². The van der Waals surface area contributed by atoms with Gasteiger partial charge in [0.25, 0.3) is 0 Å². The number of rotatable bonds is 6. The third-order valence-electron chi connectivity index (χ3n) is 5.68. The maximum absolute atomic E-state index is 12.6. The third kappa shape index (κ3) is 3.23. The molecule has 1 aromatic heterocycles. The first kappa shape index (κ1) is 14.7. The Labute approximate surface area is 137 Å². The number of amides is 1. The average Bonchev–Trinajstić information content (AvgIpc) is 3.07. The lowest BCUT2D eigenvalue weighted by Crippen LogP contribution is -2.48. The normalized spacial score (nSPS) is 31.4. The van der Waals surface area contributed by atoms with Crippen LogP contribution in [0.3, 0.4) is 0 Å². The first-order valence-electron chi connectivity index (χ1n) is 8.82. The summed E-state index contributed by atoms with van der Waals surface area (Å²) in [5.41, 5.74) is 0. The van der Waals surface area contributed by atoms with Crippen molar-refractivity contribution in [3.63, 3.8) is 0 Å². The molecule has 3 aliphatic rings. The van der Waals surface area contributed by atoms with Crippen LogP contribution in [0.1, 0.15) is 30.6 Å². The Balaban J connectivity index is 1.28. The van der Waals surface area contributed by atoms with Crippen molar-refractivity contribution in [3.8, 4) is 0 Å². The van der Waals surface area contributed by atoms with E-state index in [1.807, 2.05) is 0 Å². The minimum absolute atomic E-state index is 0.291. The molecule has 0 aromatic carbocycles. The van der Waals surface area contributed by atoms with Crippen LogP contribution < -0.4 is 5.32 Å². The lowest BCUT2D eigenvalue weighted by atomic mass is 9.84. The standard InChI is InChI=1S/C18H26N2OS/c21-18(19-8-7-16-2-1-9-22-16)17-14-5-6-15(17)12-20(11-14)10-13-3-4-13/h1-2,9,13-15,17H,3-8,10-12H2,(H,19,21)/t14-,15-/m0/s1. The zero-order valence-electron chi connectivity index (χ0n) is 13.2. The lowest BCUT2D eigenvalue weighted by Gasteiger charge is -2.37. The van der Waals surface area contributed by atoms with E-state index in [-0.39, 0.29) is 0 Å². The highest BCUT2D eigenvalue weighted by atomic mass is 32.1. The smallest absolute Gasteiger partial charge is 0.223 e. The molecule has 2 saturated carbocycles. The number of piperidine rings is 1. The van der Waals surface area contributed by atoms with E-state index in [0.29, 0.717) is 23.7 Å². The number of likely N-dealkylation sites (tertiary alicyclic amines) is 1. The summed E-state index contributed by atoms with van der Waals surface area (Å²) in [5.74, 6) is 2.81. The molecule has 1 amide bonds. The Bertz CT molecular complexity index is 497. The van der Waals surface area contributed by atoms with Gasteiger partial charge in [0, 0.05) is 37.0 Å². The SMILES string of the molecule is O=C(NCCc1cccs1)C1[C@H]2CC[C@H]1CN(CC1CC1)C2. The highest BCUT2D eigenvalue weighted by Gasteiger charge is 2.46. The van der Waals surface area contributed by atoms with E-state index in [1.54, 1.807) is 11.3 Å². The topological polar surface area (TPSA) is 32.3 Å². The van der Waals surface area contributed by atoms with Gasteiger partial charge >= 0.3 is 0 Å². The van der Waals surface area contributed by atoms with E-state index in [0.717, 1.165) is 32.0 Å². The molecule has 2 aliphatic carbocycles. The molecule has 120 valence electrons. The molecule has 1 aromatic rings. The molecule has 4 rings (SSSR count). The summed E-state index contributed by atoms with van der Waals surface area (Å²) in [6.07, 6.45) is 6.35. The maximum Gasteiger partial charge on any atom is 0.223 e. The Kier molecular flexibility index (Phi) is 4.23. The van der Waals surface area contributed by atoms with Crippen molar-refractivity contribution in [2.75, 3.05) is 26.2 Å². The highest BCUT2D eigenvalue weighted by molar-refractivity contribution is 7.09. The van der Waals surface area contributed by atoms with Crippen molar-refractivity contribution in [1.82, 2.24) is 10.2 Å². The number of hydrogen-bond donors (Lipinski definition) is 1. The van der Waals surface area contributed by atoms with E-state index < -0.39 is 0 Å². The number of carbonyl (C=O) groups excluding carboxylic acids is 1. The average molecular weight is 318 g/mol. The molecule has 0 radical (unpaired) electrons. The van der Waals surface area contributed by atoms with E-state index >= 15 is 0 Å². The second-order valence-electron chi connectivity index (χ2n) is 7.41. The molecule has 1 aliphatic heterocycles. The molecular weight excluding hydrogens is 292 g/mol. The summed E-state index contributed by atoms with van der Waals surface area (Å²) in [4.78, 5) is 16.6. The van der Waals surface area contributed by atoms with Crippen molar-refractivity contribution in [1.29, 1.82) is 0 Å². The number of carbonyl (C=O) groups is 1. The minimum Gasteiger partial charge on any atom is -0.355 e. The van der Waals surface area contributed by atoms with Gasteiger partial charge in [-0.15, -0.1) is 11.3 Å². The summed E-state index contributed by atoms with van der Waals surface area (Å²) in [5, 5.41) is 5.31. The molecule has 22 heavy (non-hydrogen) atoms. The second-order valence-corrected chi connectivity index (χ2v) is 8.44. The molecule has 1 saturated heterocycles. The molecular formula is C18H26N2OS. The summed E-state index contributed by atoms with van der Waals surface area (Å²) in [7, 11) is 0. The van der Waals surface area contributed by atoms with Gasteiger partial charge < -0.3 is 10.2 Å². The van der Waals surface area contributed by atoms with Gasteiger partial charge in [-0.2, -0.15) is 0 Å². The van der Waals surface area contributed by atoms with Crippen LogP contribution in [0.2, 0.25) is 0 Å². The van der Waals surface area contributed by atoms with Gasteiger partial charge in [-0.05, 0) is 61.3 Å². The van der Waals surface area contributed by atoms with Crippen LogP contribution in [0, 0.1) is 23.7 Å². The molecule has 3 fully saturated rings. The molecule has 4 heteroatoms. The van der Waals surface area contributed by atoms with Crippen LogP contribution in [0.4, 0.5) is 0 Å². The van der Waals surface area contributed by atoms with E-state index in [4.69, 9.17) is 0 Å². The lowest BCUT2D eigenvalue weighted by molar-refractivity contribution is -0.129. The molecule has 2 bridgehead atoms. The van der Waals surface area contributed by atoms with Gasteiger partial charge in [-0.25, -0.2) is 0 Å². The predicted octanol–water partition coefficient (Wildman–Crippen LogP) is 2.77. The zero-order chi connectivity index (χ0) is 14.9. The quantitative estimate of drug-likeness (QED) is 0.875. The number of nitrogens with zero attached hydrogens (tertiary/aromatic N) is 1. The maximum atomic E-state index is 12.6. The zero-order valence-corrected chi connectivity index (χ0v) is 14.0. The summed E-state index contributed by atoms with van der Waals surface area (Å²) < 4.78 is 0. The van der Waals surface area contributed by atoms with E-state index in [9.17, 15) is 4.79 Å². The second kappa shape index (κ2) is 6.32. The Morgan fingerprint density at radius 3 is 2.64 bits per heavy atom. The van der Waals surface area contributed by atoms with Crippen LogP contribution in [0.15, 0.2) is 17.5 Å². The fourth-order valence-electron chi connectivity index (χ4n) is 4.44. The van der Waals surface area contributed by atoms with Crippen molar-refractivity contribution in [2.45, 2.75) is 32.1 Å². The monoisotopic (exact) mass is 318 g/mol. The first-order valence-corrected chi connectivity index (χ1v) is 9.70. The van der Waals surface area contributed by atoms with E-state index in [2.05, 4.69) is 27.7 Å². The van der Waals surface area contributed by atoms with Gasteiger partial charge in [0.05, 0.1) is 0 Å². The van der Waals surface area contributed by atoms with Gasteiger partial charge in [0.1, 0.15) is 0 Å². The van der Waals surface area contributed by atoms with Gasteiger partial charge in [-0.1, -0.05) is 6.07 Å². The van der Waals surface area contributed by atoms with Gasteiger partial charge in [-0.3, -0.25) is 4.79 Å². The Morgan fingerprint density at radius 2 is 2.00 bits per heavy atom.